The minimum Gasteiger partial charge on any atom is -0.487 e. The second-order valence-corrected chi connectivity index (χ2v) is 10.0. The number of piperidine rings is 1. The summed E-state index contributed by atoms with van der Waals surface area (Å²) in [7, 11) is 0. The van der Waals surface area contributed by atoms with Gasteiger partial charge < -0.3 is 15.4 Å². The molecule has 2 N–H and O–H groups in total. The molecule has 0 amide bonds. The van der Waals surface area contributed by atoms with Gasteiger partial charge in [0.2, 0.25) is 0 Å². The number of pyridine rings is 1. The van der Waals surface area contributed by atoms with Crippen LogP contribution >= 0.6 is 23.2 Å². The molecule has 4 nitrogen and oxygen atoms in total. The Bertz CT molecular complexity index is 1110. The molecule has 5 rings (SSSR count). The summed E-state index contributed by atoms with van der Waals surface area (Å²) >= 11 is 12.8. The predicted molar refractivity (Wildman–Crippen MR) is 136 cm³/mol. The zero-order chi connectivity index (χ0) is 22.8. The van der Waals surface area contributed by atoms with Crippen LogP contribution < -0.4 is 15.4 Å². The third-order valence-electron chi connectivity index (χ3n) is 7.38. The highest BCUT2D eigenvalue weighted by molar-refractivity contribution is 6.43. The summed E-state index contributed by atoms with van der Waals surface area (Å²) in [6.45, 7) is 2.44. The molecule has 2 aromatic carbocycles. The van der Waals surface area contributed by atoms with Gasteiger partial charge in [-0.1, -0.05) is 72.1 Å². The van der Waals surface area contributed by atoms with Gasteiger partial charge in [0, 0.05) is 30.8 Å². The topological polar surface area (TPSA) is 51.4 Å². The third kappa shape index (κ3) is 4.57. The predicted octanol–water partition coefficient (Wildman–Crippen LogP) is 6.73. The van der Waals surface area contributed by atoms with Gasteiger partial charge in [0.05, 0.1) is 21.9 Å². The van der Waals surface area contributed by atoms with E-state index >= 15 is 0 Å². The van der Waals surface area contributed by atoms with Crippen molar-refractivity contribution in [3.63, 3.8) is 0 Å². The molecule has 2 aliphatic rings. The fourth-order valence-corrected chi connectivity index (χ4v) is 5.73. The molecular formula is C27H29Cl2N3O. The van der Waals surface area contributed by atoms with Crippen LogP contribution in [0.2, 0.25) is 10.0 Å². The zero-order valence-electron chi connectivity index (χ0n) is 18.6. The highest BCUT2D eigenvalue weighted by Crippen LogP contribution is 2.46. The lowest BCUT2D eigenvalue weighted by Crippen LogP contribution is -2.46. The Hall–Kier alpha value is -2.27. The molecule has 1 aromatic heterocycles. The second-order valence-electron chi connectivity index (χ2n) is 9.26. The van der Waals surface area contributed by atoms with E-state index in [1.165, 1.54) is 12.8 Å². The zero-order valence-corrected chi connectivity index (χ0v) is 20.2. The lowest BCUT2D eigenvalue weighted by Gasteiger charge is -2.43. The number of benzene rings is 2. The summed E-state index contributed by atoms with van der Waals surface area (Å²) in [5.74, 6) is 0.707. The normalized spacial score (nSPS) is 19.7. The summed E-state index contributed by atoms with van der Waals surface area (Å²) < 4.78 is 6.30. The molecule has 1 saturated carbocycles. The molecule has 0 radical (unpaired) electrons. The molecule has 1 aliphatic carbocycles. The van der Waals surface area contributed by atoms with Gasteiger partial charge in [0.15, 0.2) is 0 Å². The van der Waals surface area contributed by atoms with E-state index in [2.05, 4.69) is 23.1 Å². The Morgan fingerprint density at radius 1 is 1.03 bits per heavy atom. The van der Waals surface area contributed by atoms with Crippen LogP contribution in [-0.4, -0.2) is 24.1 Å². The largest absolute Gasteiger partial charge is 0.487 e. The molecule has 33 heavy (non-hydrogen) atoms. The fraction of sp³-hybridized carbons (Fsp3) is 0.370. The molecule has 0 bridgehead atoms. The number of hydrogen-bond acceptors (Lipinski definition) is 4. The molecular weight excluding hydrogens is 453 g/mol. The third-order valence-corrected chi connectivity index (χ3v) is 8.20. The van der Waals surface area contributed by atoms with Crippen LogP contribution in [0.4, 0.5) is 5.69 Å². The van der Waals surface area contributed by atoms with Crippen molar-refractivity contribution in [2.45, 2.75) is 44.8 Å². The summed E-state index contributed by atoms with van der Waals surface area (Å²) in [6.07, 6.45) is 7.88. The monoisotopic (exact) mass is 481 g/mol. The van der Waals surface area contributed by atoms with E-state index in [1.54, 1.807) is 6.07 Å². The highest BCUT2D eigenvalue weighted by Gasteiger charge is 2.42. The van der Waals surface area contributed by atoms with Crippen molar-refractivity contribution in [3.8, 4) is 17.0 Å². The van der Waals surface area contributed by atoms with Gasteiger partial charge in [0.1, 0.15) is 18.1 Å². The van der Waals surface area contributed by atoms with Crippen LogP contribution in [0.25, 0.3) is 11.3 Å². The molecule has 1 saturated heterocycles. The van der Waals surface area contributed by atoms with Crippen LogP contribution in [0.5, 0.6) is 5.75 Å². The number of halogens is 2. The van der Waals surface area contributed by atoms with Gasteiger partial charge in [-0.25, -0.2) is 0 Å². The molecule has 0 unspecified atom stereocenters. The summed E-state index contributed by atoms with van der Waals surface area (Å²) in [4.78, 5) is 7.21. The van der Waals surface area contributed by atoms with Crippen molar-refractivity contribution < 1.29 is 4.74 Å². The van der Waals surface area contributed by atoms with Crippen molar-refractivity contribution in [3.05, 3.63) is 76.4 Å². The maximum atomic E-state index is 6.54. The van der Waals surface area contributed by atoms with Gasteiger partial charge in [-0.15, -0.1) is 0 Å². The summed E-state index contributed by atoms with van der Waals surface area (Å²) in [5.41, 5.74) is 10.5. The Balaban J connectivity index is 1.43. The van der Waals surface area contributed by atoms with E-state index < -0.39 is 0 Å². The van der Waals surface area contributed by atoms with Crippen molar-refractivity contribution in [2.75, 3.05) is 18.0 Å². The van der Waals surface area contributed by atoms with E-state index in [-0.39, 0.29) is 0 Å². The maximum Gasteiger partial charge on any atom is 0.148 e. The molecule has 1 spiro atoms. The molecule has 172 valence electrons. The van der Waals surface area contributed by atoms with Gasteiger partial charge in [-0.05, 0) is 42.7 Å². The SMILES string of the molecule is N[C@@H]1CCCC12CCN(c1cnc(-c3cccc(Cl)c3Cl)c(OCc3ccccc3)c1)CC2. The Labute approximate surface area is 205 Å². The highest BCUT2D eigenvalue weighted by atomic mass is 35.5. The van der Waals surface area contributed by atoms with Crippen LogP contribution in [0.15, 0.2) is 60.8 Å². The molecule has 2 heterocycles. The van der Waals surface area contributed by atoms with Crippen molar-refractivity contribution in [1.82, 2.24) is 4.98 Å². The van der Waals surface area contributed by atoms with Crippen molar-refractivity contribution >= 4 is 28.9 Å². The van der Waals surface area contributed by atoms with Crippen molar-refractivity contribution in [2.24, 2.45) is 11.1 Å². The molecule has 1 aliphatic heterocycles. The van der Waals surface area contributed by atoms with Crippen LogP contribution in [-0.2, 0) is 6.61 Å². The minimum atomic E-state index is 0.324. The first-order chi connectivity index (χ1) is 16.1. The van der Waals surface area contributed by atoms with E-state index in [0.29, 0.717) is 39.6 Å². The van der Waals surface area contributed by atoms with Crippen LogP contribution in [0, 0.1) is 5.41 Å². The minimum absolute atomic E-state index is 0.324. The van der Waals surface area contributed by atoms with Gasteiger partial charge in [-0.3, -0.25) is 4.98 Å². The van der Waals surface area contributed by atoms with Crippen LogP contribution in [0.3, 0.4) is 0 Å². The van der Waals surface area contributed by atoms with E-state index in [9.17, 15) is 0 Å². The Kier molecular flexibility index (Phi) is 6.51. The number of rotatable bonds is 5. The molecule has 3 aromatic rings. The van der Waals surface area contributed by atoms with Crippen molar-refractivity contribution in [1.29, 1.82) is 0 Å². The first-order valence-corrected chi connectivity index (χ1v) is 12.4. The standard InChI is InChI=1S/C27H29Cl2N3O/c28-22-9-4-8-21(25(22)29)26-23(33-18-19-6-2-1-3-7-19)16-20(17-31-26)32-14-12-27(13-15-32)11-5-10-24(27)30/h1-4,6-9,16-17,24H,5,10-15,18,30H2/t24-/m1/s1. The van der Waals surface area contributed by atoms with Gasteiger partial charge in [0.25, 0.3) is 0 Å². The van der Waals surface area contributed by atoms with E-state index in [1.807, 2.05) is 36.5 Å². The molecule has 1 atom stereocenters. The number of ether oxygens (including phenoxy) is 1. The number of anilines is 1. The fourth-order valence-electron chi connectivity index (χ4n) is 5.34. The van der Waals surface area contributed by atoms with E-state index in [4.69, 9.17) is 38.7 Å². The molecule has 6 heteroatoms. The number of nitrogens with two attached hydrogens (primary N) is 1. The van der Waals surface area contributed by atoms with Crippen LogP contribution in [0.1, 0.15) is 37.7 Å². The second kappa shape index (κ2) is 9.54. The average Bonchev–Trinajstić information content (AvgIpc) is 3.20. The Morgan fingerprint density at radius 3 is 2.55 bits per heavy atom. The number of hydrogen-bond donors (Lipinski definition) is 1. The number of nitrogens with zero attached hydrogens (tertiary/aromatic N) is 2. The molecule has 2 fully saturated rings. The summed E-state index contributed by atoms with van der Waals surface area (Å²) in [6, 6.07) is 18.2. The summed E-state index contributed by atoms with van der Waals surface area (Å²) in [5, 5.41) is 0.988. The number of aromatic nitrogens is 1. The van der Waals surface area contributed by atoms with Gasteiger partial charge in [-0.2, -0.15) is 0 Å². The Morgan fingerprint density at radius 2 is 1.82 bits per heavy atom. The van der Waals surface area contributed by atoms with E-state index in [0.717, 1.165) is 49.2 Å². The lowest BCUT2D eigenvalue weighted by atomic mass is 9.74. The first kappa shape index (κ1) is 22.5. The maximum absolute atomic E-state index is 6.54. The first-order valence-electron chi connectivity index (χ1n) is 11.7. The lowest BCUT2D eigenvalue weighted by molar-refractivity contribution is 0.197. The smallest absolute Gasteiger partial charge is 0.148 e. The van der Waals surface area contributed by atoms with Gasteiger partial charge >= 0.3 is 0 Å². The average molecular weight is 482 g/mol. The quantitative estimate of drug-likeness (QED) is 0.438.